The molecule has 172 valence electrons. The van der Waals surface area contributed by atoms with E-state index < -0.39 is 5.97 Å². The van der Waals surface area contributed by atoms with Crippen LogP contribution in [0.15, 0.2) is 48.5 Å². The van der Waals surface area contributed by atoms with Crippen LogP contribution in [0.25, 0.3) is 0 Å². The monoisotopic (exact) mass is 444 g/mol. The highest BCUT2D eigenvalue weighted by atomic mass is 19.1. The third kappa shape index (κ3) is 6.05. The van der Waals surface area contributed by atoms with Crippen molar-refractivity contribution >= 4 is 11.9 Å². The third-order valence-corrected chi connectivity index (χ3v) is 5.52. The summed E-state index contributed by atoms with van der Waals surface area (Å²) in [7, 11) is 0. The maximum Gasteiger partial charge on any atom is 0.342 e. The van der Waals surface area contributed by atoms with E-state index in [1.165, 1.54) is 12.1 Å². The van der Waals surface area contributed by atoms with Crippen molar-refractivity contribution in [2.75, 3.05) is 32.9 Å². The van der Waals surface area contributed by atoms with Crippen molar-refractivity contribution in [3.63, 3.8) is 0 Å². The maximum absolute atomic E-state index is 13.2. The van der Waals surface area contributed by atoms with Gasteiger partial charge in [-0.1, -0.05) is 24.3 Å². The number of aliphatic hydroxyl groups excluding tert-OH is 1. The third-order valence-electron chi connectivity index (χ3n) is 5.52. The molecule has 0 bridgehead atoms. The molecule has 0 radical (unpaired) electrons. The molecule has 0 aromatic heterocycles. The van der Waals surface area contributed by atoms with E-state index >= 15 is 0 Å². The molecule has 1 aliphatic rings. The summed E-state index contributed by atoms with van der Waals surface area (Å²) in [5.74, 6) is -0.768. The topological polar surface area (TPSA) is 79.3 Å². The molecule has 2 atom stereocenters. The molecule has 0 saturated carbocycles. The van der Waals surface area contributed by atoms with Gasteiger partial charge in [-0.25, -0.2) is 9.18 Å². The van der Waals surface area contributed by atoms with Crippen molar-refractivity contribution < 1.29 is 28.6 Å². The summed E-state index contributed by atoms with van der Waals surface area (Å²) in [6, 6.07) is 13.1. The van der Waals surface area contributed by atoms with Crippen LogP contribution in [-0.4, -0.2) is 71.8 Å². The standard InChI is InChI=1S/C24H29FN2O5/c1-17-14-27(18(2)13-26(17)15-19-7-9-20(25)10-8-19)23(29)16-32-22-6-4-3-5-21(22)24(30)31-12-11-28/h3-10,17-18,28H,11-16H2,1-2H3/t17-,18+/m1/s1. The summed E-state index contributed by atoms with van der Waals surface area (Å²) < 4.78 is 23.8. The zero-order chi connectivity index (χ0) is 23.1. The number of aliphatic hydroxyl groups is 1. The van der Waals surface area contributed by atoms with E-state index in [1.54, 1.807) is 41.3 Å². The lowest BCUT2D eigenvalue weighted by molar-refractivity contribution is -0.139. The first kappa shape index (κ1) is 23.7. The molecule has 1 saturated heterocycles. The first-order chi connectivity index (χ1) is 15.4. The Morgan fingerprint density at radius 2 is 1.78 bits per heavy atom. The van der Waals surface area contributed by atoms with Gasteiger partial charge in [0.05, 0.1) is 6.61 Å². The van der Waals surface area contributed by atoms with Crippen LogP contribution >= 0.6 is 0 Å². The van der Waals surface area contributed by atoms with Crippen molar-refractivity contribution in [3.8, 4) is 5.75 Å². The van der Waals surface area contributed by atoms with Crippen LogP contribution in [-0.2, 0) is 16.1 Å². The average Bonchev–Trinajstić information content (AvgIpc) is 2.79. The second kappa shape index (κ2) is 11.1. The molecule has 1 heterocycles. The first-order valence-corrected chi connectivity index (χ1v) is 10.7. The Morgan fingerprint density at radius 1 is 1.06 bits per heavy atom. The van der Waals surface area contributed by atoms with Gasteiger partial charge in [-0.15, -0.1) is 0 Å². The molecule has 2 aromatic carbocycles. The minimum absolute atomic E-state index is 0.0208. The van der Waals surface area contributed by atoms with Crippen LogP contribution in [0.2, 0.25) is 0 Å². The van der Waals surface area contributed by atoms with Crippen molar-refractivity contribution in [2.24, 2.45) is 0 Å². The Hall–Kier alpha value is -2.97. The van der Waals surface area contributed by atoms with Gasteiger partial charge >= 0.3 is 5.97 Å². The van der Waals surface area contributed by atoms with Crippen molar-refractivity contribution in [2.45, 2.75) is 32.5 Å². The Balaban J connectivity index is 1.57. The zero-order valence-electron chi connectivity index (χ0n) is 18.4. The molecular formula is C24H29FN2O5. The van der Waals surface area contributed by atoms with Crippen LogP contribution in [0.4, 0.5) is 4.39 Å². The predicted octanol–water partition coefficient (Wildman–Crippen LogP) is 2.47. The number of benzene rings is 2. The summed E-state index contributed by atoms with van der Waals surface area (Å²) >= 11 is 0. The molecule has 0 spiro atoms. The highest BCUT2D eigenvalue weighted by Crippen LogP contribution is 2.21. The van der Waals surface area contributed by atoms with Gasteiger partial charge in [0, 0.05) is 31.7 Å². The fourth-order valence-electron chi connectivity index (χ4n) is 3.79. The van der Waals surface area contributed by atoms with Gasteiger partial charge in [0.2, 0.25) is 0 Å². The number of amides is 1. The van der Waals surface area contributed by atoms with Crippen LogP contribution in [0.1, 0.15) is 29.8 Å². The van der Waals surface area contributed by atoms with E-state index in [1.807, 2.05) is 6.92 Å². The van der Waals surface area contributed by atoms with Gasteiger partial charge in [-0.05, 0) is 43.7 Å². The van der Waals surface area contributed by atoms with E-state index in [2.05, 4.69) is 11.8 Å². The largest absolute Gasteiger partial charge is 0.483 e. The molecule has 1 aliphatic heterocycles. The normalized spacial score (nSPS) is 18.9. The molecule has 8 heteroatoms. The van der Waals surface area contributed by atoms with Crippen LogP contribution in [0, 0.1) is 5.82 Å². The van der Waals surface area contributed by atoms with Crippen molar-refractivity contribution in [1.29, 1.82) is 0 Å². The lowest BCUT2D eigenvalue weighted by Crippen LogP contribution is -2.58. The van der Waals surface area contributed by atoms with Gasteiger partial charge in [0.25, 0.3) is 5.91 Å². The first-order valence-electron chi connectivity index (χ1n) is 10.7. The number of para-hydroxylation sites is 1. The minimum Gasteiger partial charge on any atom is -0.483 e. The van der Waals surface area contributed by atoms with E-state index in [0.29, 0.717) is 19.6 Å². The SMILES string of the molecule is C[C@@H]1CN(C(=O)COc2ccccc2C(=O)OCCO)[C@@H](C)CN1Cc1ccc(F)cc1. The van der Waals surface area contributed by atoms with E-state index in [0.717, 1.165) is 5.56 Å². The fraction of sp³-hybridized carbons (Fsp3) is 0.417. The smallest absolute Gasteiger partial charge is 0.342 e. The van der Waals surface area contributed by atoms with Gasteiger partial charge in [-0.3, -0.25) is 9.69 Å². The number of hydrogen-bond acceptors (Lipinski definition) is 6. The number of piperazine rings is 1. The number of rotatable bonds is 8. The minimum atomic E-state index is -0.613. The summed E-state index contributed by atoms with van der Waals surface area (Å²) in [6.07, 6.45) is 0. The highest BCUT2D eigenvalue weighted by molar-refractivity contribution is 5.92. The summed E-state index contributed by atoms with van der Waals surface area (Å²) in [5.41, 5.74) is 1.23. The van der Waals surface area contributed by atoms with E-state index in [-0.39, 0.29) is 54.9 Å². The Labute approximate surface area is 187 Å². The molecule has 1 fully saturated rings. The quantitative estimate of drug-likeness (QED) is 0.631. The maximum atomic E-state index is 13.2. The number of halogens is 1. The van der Waals surface area contributed by atoms with Crippen LogP contribution < -0.4 is 4.74 Å². The highest BCUT2D eigenvalue weighted by Gasteiger charge is 2.32. The number of ether oxygens (including phenoxy) is 2. The Bertz CT molecular complexity index is 921. The Kier molecular flexibility index (Phi) is 8.19. The fourth-order valence-corrected chi connectivity index (χ4v) is 3.79. The van der Waals surface area contributed by atoms with Crippen molar-refractivity contribution in [3.05, 3.63) is 65.5 Å². The van der Waals surface area contributed by atoms with Gasteiger partial charge < -0.3 is 19.5 Å². The van der Waals surface area contributed by atoms with Gasteiger partial charge in [0.1, 0.15) is 23.7 Å². The predicted molar refractivity (Wildman–Crippen MR) is 117 cm³/mol. The lowest BCUT2D eigenvalue weighted by atomic mass is 10.1. The molecule has 0 aliphatic carbocycles. The summed E-state index contributed by atoms with van der Waals surface area (Å²) in [5, 5.41) is 8.83. The number of carbonyl (C=O) groups excluding carboxylic acids is 2. The molecule has 7 nitrogen and oxygen atoms in total. The van der Waals surface area contributed by atoms with Gasteiger partial charge in [-0.2, -0.15) is 0 Å². The van der Waals surface area contributed by atoms with Gasteiger partial charge in [0.15, 0.2) is 6.61 Å². The number of esters is 1. The molecule has 1 N–H and O–H groups in total. The second-order valence-electron chi connectivity index (χ2n) is 7.94. The molecular weight excluding hydrogens is 415 g/mol. The molecule has 32 heavy (non-hydrogen) atoms. The molecule has 1 amide bonds. The number of hydrogen-bond donors (Lipinski definition) is 1. The van der Waals surface area contributed by atoms with E-state index in [9.17, 15) is 14.0 Å². The number of carbonyl (C=O) groups is 2. The second-order valence-corrected chi connectivity index (χ2v) is 7.94. The molecule has 2 aromatic rings. The average molecular weight is 445 g/mol. The number of nitrogens with zero attached hydrogens (tertiary/aromatic N) is 2. The Morgan fingerprint density at radius 3 is 2.50 bits per heavy atom. The summed E-state index contributed by atoms with van der Waals surface area (Å²) in [4.78, 5) is 29.1. The van der Waals surface area contributed by atoms with Crippen molar-refractivity contribution in [1.82, 2.24) is 9.80 Å². The van der Waals surface area contributed by atoms with Crippen LogP contribution in [0.5, 0.6) is 5.75 Å². The van der Waals surface area contributed by atoms with Crippen LogP contribution in [0.3, 0.4) is 0 Å². The van der Waals surface area contributed by atoms with E-state index in [4.69, 9.17) is 14.6 Å². The molecule has 0 unspecified atom stereocenters. The molecule has 3 rings (SSSR count). The lowest BCUT2D eigenvalue weighted by Gasteiger charge is -2.44. The summed E-state index contributed by atoms with van der Waals surface area (Å²) in [6.45, 7) is 5.40. The zero-order valence-corrected chi connectivity index (χ0v) is 18.4.